The summed E-state index contributed by atoms with van der Waals surface area (Å²) in [7, 11) is 0. The summed E-state index contributed by atoms with van der Waals surface area (Å²) < 4.78 is 11.1. The molecule has 0 unspecified atom stereocenters. The highest BCUT2D eigenvalue weighted by Crippen LogP contribution is 2.37. The average Bonchev–Trinajstić information content (AvgIpc) is 2.72. The van der Waals surface area contributed by atoms with Crippen LogP contribution in [-0.4, -0.2) is 11.0 Å². The van der Waals surface area contributed by atoms with Gasteiger partial charge in [-0.15, -0.1) is 24.8 Å². The molecule has 0 radical (unpaired) electrons. The largest absolute Gasteiger partial charge is 0.453 e. The first-order chi connectivity index (χ1) is 13.6. The van der Waals surface area contributed by atoms with E-state index in [-0.39, 0.29) is 37.0 Å². The Bertz CT molecular complexity index is 1040. The van der Waals surface area contributed by atoms with Gasteiger partial charge in [0.2, 0.25) is 0 Å². The fourth-order valence-corrected chi connectivity index (χ4v) is 2.37. The fourth-order valence-electron chi connectivity index (χ4n) is 2.37. The standard InChI is InChI=1S/C21H18N4O3.2ClH/c1-2-19(26)28-20-17(23)6-3-7-18(20)27-16-10-8-15(9-11-16)25-21-14(13-22)5-4-12-24-21;;/h3-12H,2,23H2,1H3,(H,24,25);2*1H. The smallest absolute Gasteiger partial charge is 0.311 e. The van der Waals surface area contributed by atoms with Crippen LogP contribution < -0.4 is 20.5 Å². The highest BCUT2D eigenvalue weighted by Gasteiger charge is 2.13. The van der Waals surface area contributed by atoms with Gasteiger partial charge in [-0.05, 0) is 48.5 Å². The highest BCUT2D eigenvalue weighted by atomic mass is 35.5. The molecule has 1 heterocycles. The lowest BCUT2D eigenvalue weighted by Gasteiger charge is -2.13. The van der Waals surface area contributed by atoms with Gasteiger partial charge in [0, 0.05) is 18.3 Å². The topological polar surface area (TPSA) is 110 Å². The number of nitrogen functional groups attached to an aromatic ring is 1. The zero-order valence-electron chi connectivity index (χ0n) is 16.0. The van der Waals surface area contributed by atoms with Crippen molar-refractivity contribution in [3.63, 3.8) is 0 Å². The summed E-state index contributed by atoms with van der Waals surface area (Å²) in [5.74, 6) is 1.16. The Balaban J connectivity index is 0.00000225. The van der Waals surface area contributed by atoms with Crippen LogP contribution in [0.2, 0.25) is 0 Å². The Labute approximate surface area is 186 Å². The average molecular weight is 447 g/mol. The van der Waals surface area contributed by atoms with Crippen molar-refractivity contribution in [2.24, 2.45) is 0 Å². The van der Waals surface area contributed by atoms with E-state index in [4.69, 9.17) is 20.5 Å². The number of halogens is 2. The number of benzene rings is 2. The molecule has 0 saturated carbocycles. The molecule has 0 aliphatic carbocycles. The summed E-state index contributed by atoms with van der Waals surface area (Å²) in [6.45, 7) is 1.70. The van der Waals surface area contributed by atoms with Crippen molar-refractivity contribution < 1.29 is 14.3 Å². The zero-order valence-corrected chi connectivity index (χ0v) is 17.6. The summed E-state index contributed by atoms with van der Waals surface area (Å²) >= 11 is 0. The van der Waals surface area contributed by atoms with E-state index in [2.05, 4.69) is 16.4 Å². The Kier molecular flexibility index (Phi) is 9.43. The van der Waals surface area contributed by atoms with Gasteiger partial charge in [-0.25, -0.2) is 4.98 Å². The Hall–Kier alpha value is -3.47. The first-order valence-electron chi connectivity index (χ1n) is 8.60. The lowest BCUT2D eigenvalue weighted by Crippen LogP contribution is -2.08. The van der Waals surface area contributed by atoms with Crippen molar-refractivity contribution in [2.45, 2.75) is 13.3 Å². The number of nitriles is 1. The van der Waals surface area contributed by atoms with Crippen molar-refractivity contribution >= 4 is 48.0 Å². The molecule has 3 rings (SSSR count). The number of esters is 1. The number of nitrogens with zero attached hydrogens (tertiary/aromatic N) is 2. The maximum absolute atomic E-state index is 11.6. The SMILES string of the molecule is CCC(=O)Oc1c(N)cccc1Oc1ccc(Nc2ncccc2C#N)cc1.Cl.Cl. The maximum Gasteiger partial charge on any atom is 0.311 e. The highest BCUT2D eigenvalue weighted by molar-refractivity contribution is 5.85. The molecule has 156 valence electrons. The lowest BCUT2D eigenvalue weighted by atomic mass is 10.2. The quantitative estimate of drug-likeness (QED) is 0.302. The van der Waals surface area contributed by atoms with Crippen molar-refractivity contribution in [1.82, 2.24) is 4.98 Å². The molecule has 0 amide bonds. The van der Waals surface area contributed by atoms with Crippen LogP contribution in [-0.2, 0) is 4.79 Å². The number of hydrogen-bond acceptors (Lipinski definition) is 7. The third kappa shape index (κ3) is 6.01. The molecular formula is C21H20Cl2N4O3. The van der Waals surface area contributed by atoms with Crippen molar-refractivity contribution in [1.29, 1.82) is 5.26 Å². The molecule has 3 N–H and O–H groups in total. The predicted molar refractivity (Wildman–Crippen MR) is 120 cm³/mol. The second-order valence-electron chi connectivity index (χ2n) is 5.76. The number of aromatic nitrogens is 1. The van der Waals surface area contributed by atoms with Gasteiger partial charge in [-0.3, -0.25) is 4.79 Å². The second kappa shape index (κ2) is 11.5. The number of nitrogens with one attached hydrogen (secondary N) is 1. The molecule has 7 nitrogen and oxygen atoms in total. The third-order valence-electron chi connectivity index (χ3n) is 3.79. The molecule has 0 saturated heterocycles. The number of pyridine rings is 1. The number of rotatable bonds is 6. The van der Waals surface area contributed by atoms with E-state index in [0.29, 0.717) is 28.6 Å². The normalized spacial score (nSPS) is 9.33. The zero-order chi connectivity index (χ0) is 19.9. The van der Waals surface area contributed by atoms with E-state index in [1.807, 2.05) is 0 Å². The number of carbonyl (C=O) groups excluding carboxylic acids is 1. The number of carbonyl (C=O) groups is 1. The Morgan fingerprint density at radius 2 is 1.87 bits per heavy atom. The summed E-state index contributed by atoms with van der Waals surface area (Å²) in [6, 6.07) is 17.6. The number of hydrogen-bond donors (Lipinski definition) is 2. The van der Waals surface area contributed by atoms with E-state index in [0.717, 1.165) is 5.69 Å². The van der Waals surface area contributed by atoms with Gasteiger partial charge in [0.05, 0.1) is 11.3 Å². The van der Waals surface area contributed by atoms with Crippen LogP contribution in [0.25, 0.3) is 0 Å². The van der Waals surface area contributed by atoms with Gasteiger partial charge in [0.25, 0.3) is 0 Å². The molecule has 0 aliphatic rings. The van der Waals surface area contributed by atoms with Crippen LogP contribution in [0.4, 0.5) is 17.2 Å². The summed E-state index contributed by atoms with van der Waals surface area (Å²) in [5.41, 5.74) is 7.42. The Morgan fingerprint density at radius 3 is 2.53 bits per heavy atom. The van der Waals surface area contributed by atoms with Gasteiger partial charge in [-0.1, -0.05) is 13.0 Å². The van der Waals surface area contributed by atoms with Crippen LogP contribution in [0.3, 0.4) is 0 Å². The van der Waals surface area contributed by atoms with Crippen LogP contribution in [0.15, 0.2) is 60.8 Å². The monoisotopic (exact) mass is 446 g/mol. The lowest BCUT2D eigenvalue weighted by molar-refractivity contribution is -0.134. The second-order valence-corrected chi connectivity index (χ2v) is 5.76. The number of para-hydroxylation sites is 1. The number of nitrogens with two attached hydrogens (primary N) is 1. The fraction of sp³-hybridized carbons (Fsp3) is 0.0952. The molecule has 9 heteroatoms. The van der Waals surface area contributed by atoms with E-state index in [1.54, 1.807) is 67.7 Å². The van der Waals surface area contributed by atoms with Crippen molar-refractivity contribution in [3.05, 3.63) is 66.4 Å². The van der Waals surface area contributed by atoms with Crippen LogP contribution in [0.1, 0.15) is 18.9 Å². The van der Waals surface area contributed by atoms with Crippen LogP contribution >= 0.6 is 24.8 Å². The van der Waals surface area contributed by atoms with E-state index < -0.39 is 5.97 Å². The molecular weight excluding hydrogens is 427 g/mol. The first-order valence-corrected chi connectivity index (χ1v) is 8.60. The van der Waals surface area contributed by atoms with Crippen molar-refractivity contribution in [2.75, 3.05) is 11.1 Å². The summed E-state index contributed by atoms with van der Waals surface area (Å²) in [4.78, 5) is 15.8. The van der Waals surface area contributed by atoms with Gasteiger partial charge >= 0.3 is 5.97 Å². The van der Waals surface area contributed by atoms with E-state index >= 15 is 0 Å². The van der Waals surface area contributed by atoms with E-state index in [9.17, 15) is 4.79 Å². The molecule has 0 atom stereocenters. The van der Waals surface area contributed by atoms with E-state index in [1.165, 1.54) is 0 Å². The molecule has 2 aromatic carbocycles. The van der Waals surface area contributed by atoms with Gasteiger partial charge in [0.1, 0.15) is 17.6 Å². The van der Waals surface area contributed by atoms with Crippen LogP contribution in [0, 0.1) is 11.3 Å². The third-order valence-corrected chi connectivity index (χ3v) is 3.79. The molecule has 0 spiro atoms. The number of anilines is 3. The minimum atomic E-state index is -0.397. The molecule has 0 fully saturated rings. The first kappa shape index (κ1) is 24.6. The van der Waals surface area contributed by atoms with Crippen molar-refractivity contribution in [3.8, 4) is 23.3 Å². The minimum absolute atomic E-state index is 0. The summed E-state index contributed by atoms with van der Waals surface area (Å²) in [5, 5.41) is 12.2. The number of ether oxygens (including phenoxy) is 2. The Morgan fingerprint density at radius 1 is 1.13 bits per heavy atom. The molecule has 3 aromatic rings. The summed E-state index contributed by atoms with van der Waals surface area (Å²) in [6.07, 6.45) is 1.84. The van der Waals surface area contributed by atoms with Crippen LogP contribution in [0.5, 0.6) is 17.2 Å². The minimum Gasteiger partial charge on any atom is -0.453 e. The van der Waals surface area contributed by atoms with Gasteiger partial charge in [0.15, 0.2) is 11.5 Å². The maximum atomic E-state index is 11.6. The van der Waals surface area contributed by atoms with Gasteiger partial charge in [-0.2, -0.15) is 5.26 Å². The predicted octanol–water partition coefficient (Wildman–Crippen LogP) is 5.23. The molecule has 1 aromatic heterocycles. The van der Waals surface area contributed by atoms with Gasteiger partial charge < -0.3 is 20.5 Å². The molecule has 0 aliphatic heterocycles. The molecule has 30 heavy (non-hydrogen) atoms. The molecule has 0 bridgehead atoms.